The predicted molar refractivity (Wildman–Crippen MR) is 73.8 cm³/mol. The van der Waals surface area contributed by atoms with Crippen molar-refractivity contribution in [1.82, 2.24) is 9.78 Å². The summed E-state index contributed by atoms with van der Waals surface area (Å²) >= 11 is 3.39. The van der Waals surface area contributed by atoms with Crippen LogP contribution in [0.5, 0.6) is 0 Å². The third-order valence-corrected chi connectivity index (χ3v) is 3.09. The number of rotatable bonds is 3. The molecule has 3 N–H and O–H groups in total. The van der Waals surface area contributed by atoms with E-state index in [9.17, 15) is 0 Å². The molecule has 0 spiro atoms. The van der Waals surface area contributed by atoms with Gasteiger partial charge in [0.2, 0.25) is 0 Å². The molecule has 90 valence electrons. The lowest BCUT2D eigenvalue weighted by molar-refractivity contribution is 0.756. The number of hydrogen-bond acceptors (Lipinski definition) is 3. The fourth-order valence-electron chi connectivity index (χ4n) is 1.71. The number of benzene rings is 1. The third-order valence-electron chi connectivity index (χ3n) is 2.60. The van der Waals surface area contributed by atoms with Crippen LogP contribution in [0.25, 0.3) is 0 Å². The molecule has 17 heavy (non-hydrogen) atoms. The van der Waals surface area contributed by atoms with Crippen molar-refractivity contribution in [3.05, 3.63) is 40.1 Å². The van der Waals surface area contributed by atoms with E-state index in [0.29, 0.717) is 0 Å². The van der Waals surface area contributed by atoms with Gasteiger partial charge in [-0.1, -0.05) is 15.9 Å². The average molecular weight is 295 g/mol. The molecule has 0 aliphatic carbocycles. The van der Waals surface area contributed by atoms with Crippen LogP contribution >= 0.6 is 15.9 Å². The van der Waals surface area contributed by atoms with Gasteiger partial charge in [-0.25, -0.2) is 0 Å². The van der Waals surface area contributed by atoms with E-state index in [1.54, 1.807) is 0 Å². The maximum atomic E-state index is 5.92. The minimum absolute atomic E-state index is 0.728. The standard InChI is InChI=1S/C12H15BrN4/c1-8-9(7-17(2)16-8)6-15-12-4-3-10(13)5-11(12)14/h3-5,7,15H,6,14H2,1-2H3. The Bertz CT molecular complexity index is 533. The van der Waals surface area contributed by atoms with Crippen LogP contribution in [0.15, 0.2) is 28.9 Å². The topological polar surface area (TPSA) is 55.9 Å². The van der Waals surface area contributed by atoms with Crippen molar-refractivity contribution in [1.29, 1.82) is 0 Å². The third kappa shape index (κ3) is 2.79. The highest BCUT2D eigenvalue weighted by Gasteiger charge is 2.04. The van der Waals surface area contributed by atoms with Crippen LogP contribution in [0.1, 0.15) is 11.3 Å². The summed E-state index contributed by atoms with van der Waals surface area (Å²) < 4.78 is 2.80. The molecule has 5 heteroatoms. The summed E-state index contributed by atoms with van der Waals surface area (Å²) in [7, 11) is 1.92. The zero-order valence-electron chi connectivity index (χ0n) is 9.87. The van der Waals surface area contributed by atoms with Crippen molar-refractivity contribution < 1.29 is 0 Å². The van der Waals surface area contributed by atoms with Gasteiger partial charge in [-0.05, 0) is 25.1 Å². The van der Waals surface area contributed by atoms with E-state index in [-0.39, 0.29) is 0 Å². The van der Waals surface area contributed by atoms with E-state index in [4.69, 9.17) is 5.73 Å². The van der Waals surface area contributed by atoms with Crippen LogP contribution in [0.2, 0.25) is 0 Å². The molecular formula is C12H15BrN4. The number of nitrogen functional groups attached to an aromatic ring is 1. The lowest BCUT2D eigenvalue weighted by Crippen LogP contribution is -2.02. The molecule has 0 bridgehead atoms. The first-order valence-electron chi connectivity index (χ1n) is 5.34. The Hall–Kier alpha value is -1.49. The van der Waals surface area contributed by atoms with E-state index < -0.39 is 0 Å². The SMILES string of the molecule is Cc1nn(C)cc1CNc1ccc(Br)cc1N. The van der Waals surface area contributed by atoms with E-state index in [0.717, 1.165) is 28.1 Å². The van der Waals surface area contributed by atoms with Crippen molar-refractivity contribution in [2.45, 2.75) is 13.5 Å². The normalized spacial score (nSPS) is 10.5. The molecule has 4 nitrogen and oxygen atoms in total. The number of aryl methyl sites for hydroxylation is 2. The van der Waals surface area contributed by atoms with E-state index in [1.807, 2.05) is 43.0 Å². The molecule has 1 aromatic carbocycles. The molecule has 0 unspecified atom stereocenters. The first-order chi connectivity index (χ1) is 8.06. The summed E-state index contributed by atoms with van der Waals surface area (Å²) in [4.78, 5) is 0. The minimum Gasteiger partial charge on any atom is -0.397 e. The number of nitrogens with zero attached hydrogens (tertiary/aromatic N) is 2. The van der Waals surface area contributed by atoms with Crippen LogP contribution in [-0.4, -0.2) is 9.78 Å². The molecule has 2 rings (SSSR count). The Morgan fingerprint density at radius 3 is 2.82 bits per heavy atom. The highest BCUT2D eigenvalue weighted by Crippen LogP contribution is 2.23. The Labute approximate surface area is 109 Å². The van der Waals surface area contributed by atoms with E-state index >= 15 is 0 Å². The van der Waals surface area contributed by atoms with Gasteiger partial charge in [0.25, 0.3) is 0 Å². The van der Waals surface area contributed by atoms with Gasteiger partial charge in [0, 0.05) is 29.8 Å². The quantitative estimate of drug-likeness (QED) is 0.856. The Morgan fingerprint density at radius 1 is 1.47 bits per heavy atom. The minimum atomic E-state index is 0.728. The average Bonchev–Trinajstić information content (AvgIpc) is 2.56. The Balaban J connectivity index is 2.10. The molecule has 0 radical (unpaired) electrons. The van der Waals surface area contributed by atoms with Crippen LogP contribution < -0.4 is 11.1 Å². The van der Waals surface area contributed by atoms with Crippen LogP contribution in [-0.2, 0) is 13.6 Å². The van der Waals surface area contributed by atoms with Crippen LogP contribution in [0.3, 0.4) is 0 Å². The van der Waals surface area contributed by atoms with Gasteiger partial charge in [0.15, 0.2) is 0 Å². The van der Waals surface area contributed by atoms with Gasteiger partial charge in [-0.2, -0.15) is 5.10 Å². The fraction of sp³-hybridized carbons (Fsp3) is 0.250. The number of halogens is 1. The summed E-state index contributed by atoms with van der Waals surface area (Å²) in [5.74, 6) is 0. The number of aromatic nitrogens is 2. The zero-order chi connectivity index (χ0) is 12.4. The monoisotopic (exact) mass is 294 g/mol. The lowest BCUT2D eigenvalue weighted by Gasteiger charge is -2.08. The molecule has 0 aliphatic heterocycles. The van der Waals surface area contributed by atoms with Crippen molar-refractivity contribution in [3.8, 4) is 0 Å². The van der Waals surface area contributed by atoms with Crippen molar-refractivity contribution in [2.75, 3.05) is 11.1 Å². The van der Waals surface area contributed by atoms with Crippen molar-refractivity contribution in [3.63, 3.8) is 0 Å². The first-order valence-corrected chi connectivity index (χ1v) is 6.13. The maximum absolute atomic E-state index is 5.92. The highest BCUT2D eigenvalue weighted by atomic mass is 79.9. The van der Waals surface area contributed by atoms with Gasteiger partial charge in [-0.3, -0.25) is 4.68 Å². The molecule has 0 amide bonds. The molecule has 0 saturated heterocycles. The molecule has 1 aromatic heterocycles. The molecular weight excluding hydrogens is 280 g/mol. The Morgan fingerprint density at radius 2 is 2.24 bits per heavy atom. The molecule has 1 heterocycles. The van der Waals surface area contributed by atoms with E-state index in [1.165, 1.54) is 5.56 Å². The summed E-state index contributed by atoms with van der Waals surface area (Å²) in [6.45, 7) is 2.73. The second-order valence-electron chi connectivity index (χ2n) is 4.00. The summed E-state index contributed by atoms with van der Waals surface area (Å²) in [5.41, 5.74) is 9.81. The first kappa shape index (κ1) is 12.0. The molecule has 0 fully saturated rings. The van der Waals surface area contributed by atoms with Crippen molar-refractivity contribution >= 4 is 27.3 Å². The second kappa shape index (κ2) is 4.79. The van der Waals surface area contributed by atoms with Gasteiger partial charge in [0.1, 0.15) is 0 Å². The van der Waals surface area contributed by atoms with Gasteiger partial charge in [-0.15, -0.1) is 0 Å². The highest BCUT2D eigenvalue weighted by molar-refractivity contribution is 9.10. The summed E-state index contributed by atoms with van der Waals surface area (Å²) in [6.07, 6.45) is 2.01. The number of nitrogens with one attached hydrogen (secondary N) is 1. The van der Waals surface area contributed by atoms with Gasteiger partial charge < -0.3 is 11.1 Å². The predicted octanol–water partition coefficient (Wildman–Crippen LogP) is 2.69. The van der Waals surface area contributed by atoms with Crippen molar-refractivity contribution in [2.24, 2.45) is 7.05 Å². The lowest BCUT2D eigenvalue weighted by atomic mass is 10.2. The zero-order valence-corrected chi connectivity index (χ0v) is 11.5. The Kier molecular flexibility index (Phi) is 3.38. The second-order valence-corrected chi connectivity index (χ2v) is 4.91. The number of nitrogens with two attached hydrogens (primary N) is 1. The van der Waals surface area contributed by atoms with Crippen LogP contribution in [0.4, 0.5) is 11.4 Å². The molecule has 0 aliphatic rings. The van der Waals surface area contributed by atoms with Gasteiger partial charge in [0.05, 0.1) is 17.1 Å². The molecule has 2 aromatic rings. The fourth-order valence-corrected chi connectivity index (χ4v) is 2.09. The number of hydrogen-bond donors (Lipinski definition) is 2. The molecule has 0 saturated carbocycles. The van der Waals surface area contributed by atoms with Gasteiger partial charge >= 0.3 is 0 Å². The van der Waals surface area contributed by atoms with E-state index in [2.05, 4.69) is 26.3 Å². The number of anilines is 2. The summed E-state index contributed by atoms with van der Waals surface area (Å²) in [6, 6.07) is 5.82. The molecule has 0 atom stereocenters. The maximum Gasteiger partial charge on any atom is 0.0643 e. The summed E-state index contributed by atoms with van der Waals surface area (Å²) in [5, 5.41) is 7.61. The largest absolute Gasteiger partial charge is 0.397 e. The van der Waals surface area contributed by atoms with Crippen LogP contribution in [0, 0.1) is 6.92 Å². The smallest absolute Gasteiger partial charge is 0.0643 e.